The summed E-state index contributed by atoms with van der Waals surface area (Å²) in [6.45, 7) is 4.57. The number of benzene rings is 1. The summed E-state index contributed by atoms with van der Waals surface area (Å²) in [5.74, 6) is -0.668. The minimum Gasteiger partial charge on any atom is -0.478 e. The molecule has 0 radical (unpaired) electrons. The Labute approximate surface area is 111 Å². The molecule has 0 fully saturated rings. The highest BCUT2D eigenvalue weighted by molar-refractivity contribution is 8.00. The van der Waals surface area contributed by atoms with Gasteiger partial charge >= 0.3 is 5.97 Å². The first-order valence-electron chi connectivity index (χ1n) is 5.78. The molecule has 0 saturated heterocycles. The first-order valence-corrected chi connectivity index (χ1v) is 6.76. The molecule has 0 saturated carbocycles. The third-order valence-electron chi connectivity index (χ3n) is 2.37. The molecule has 0 aliphatic rings. The van der Waals surface area contributed by atoms with Crippen LogP contribution in [0.15, 0.2) is 23.1 Å². The summed E-state index contributed by atoms with van der Waals surface area (Å²) in [7, 11) is 0. The van der Waals surface area contributed by atoms with Crippen molar-refractivity contribution in [2.24, 2.45) is 0 Å². The van der Waals surface area contributed by atoms with Gasteiger partial charge in [-0.1, -0.05) is 13.0 Å². The van der Waals surface area contributed by atoms with Gasteiger partial charge in [0.2, 0.25) is 5.91 Å². The topological polar surface area (TPSA) is 66.4 Å². The SMILES string of the molecule is CCCNC(=O)CSc1cc(C(=O)O)ccc1C. The number of aryl methyl sites for hydroxylation is 1. The van der Waals surface area contributed by atoms with Gasteiger partial charge < -0.3 is 10.4 Å². The van der Waals surface area contributed by atoms with E-state index in [1.807, 2.05) is 13.8 Å². The van der Waals surface area contributed by atoms with Crippen LogP contribution >= 0.6 is 11.8 Å². The molecule has 0 unspecified atom stereocenters. The van der Waals surface area contributed by atoms with E-state index in [4.69, 9.17) is 5.11 Å². The molecule has 0 heterocycles. The van der Waals surface area contributed by atoms with Crippen molar-refractivity contribution in [3.63, 3.8) is 0 Å². The van der Waals surface area contributed by atoms with E-state index in [9.17, 15) is 9.59 Å². The third-order valence-corrected chi connectivity index (χ3v) is 3.52. The normalized spacial score (nSPS) is 10.1. The summed E-state index contributed by atoms with van der Waals surface area (Å²) >= 11 is 1.36. The number of carboxylic acid groups (broad SMARTS) is 1. The number of aromatic carboxylic acids is 1. The van der Waals surface area contributed by atoms with Crippen LogP contribution in [-0.2, 0) is 4.79 Å². The van der Waals surface area contributed by atoms with Crippen molar-refractivity contribution in [1.82, 2.24) is 5.32 Å². The molecule has 0 aromatic heterocycles. The number of thioether (sulfide) groups is 1. The van der Waals surface area contributed by atoms with E-state index in [2.05, 4.69) is 5.32 Å². The van der Waals surface area contributed by atoms with Gasteiger partial charge in [0.25, 0.3) is 0 Å². The predicted octanol–water partition coefficient (Wildman–Crippen LogP) is 2.31. The summed E-state index contributed by atoms with van der Waals surface area (Å²) in [5.41, 5.74) is 1.23. The van der Waals surface area contributed by atoms with Crippen LogP contribution < -0.4 is 5.32 Å². The third kappa shape index (κ3) is 4.41. The zero-order valence-electron chi connectivity index (χ0n) is 10.5. The zero-order valence-corrected chi connectivity index (χ0v) is 11.3. The maximum Gasteiger partial charge on any atom is 0.335 e. The number of hydrogen-bond acceptors (Lipinski definition) is 3. The Hall–Kier alpha value is -1.49. The fraction of sp³-hybridized carbons (Fsp3) is 0.385. The Kier molecular flexibility index (Phi) is 5.71. The quantitative estimate of drug-likeness (QED) is 0.776. The van der Waals surface area contributed by atoms with E-state index in [0.29, 0.717) is 12.3 Å². The number of rotatable bonds is 6. The van der Waals surface area contributed by atoms with Crippen molar-refractivity contribution in [1.29, 1.82) is 0 Å². The molecule has 0 spiro atoms. The molecule has 18 heavy (non-hydrogen) atoms. The number of carbonyl (C=O) groups is 2. The number of amides is 1. The average molecular weight is 267 g/mol. The molecule has 4 nitrogen and oxygen atoms in total. The van der Waals surface area contributed by atoms with Crippen molar-refractivity contribution in [3.05, 3.63) is 29.3 Å². The first kappa shape index (κ1) is 14.6. The molecule has 0 atom stereocenters. The largest absolute Gasteiger partial charge is 0.478 e. The number of hydrogen-bond donors (Lipinski definition) is 2. The standard InChI is InChI=1S/C13H17NO3S/c1-3-6-14-12(15)8-18-11-7-10(13(16)17)5-4-9(11)2/h4-5,7H,3,6,8H2,1-2H3,(H,14,15)(H,16,17). The molecule has 0 aliphatic heterocycles. The van der Waals surface area contributed by atoms with Gasteiger partial charge in [-0.15, -0.1) is 11.8 Å². The van der Waals surface area contributed by atoms with E-state index < -0.39 is 5.97 Å². The number of carboxylic acids is 1. The lowest BCUT2D eigenvalue weighted by atomic mass is 10.1. The van der Waals surface area contributed by atoms with E-state index in [1.165, 1.54) is 11.8 Å². The molecule has 1 amide bonds. The molecule has 1 aromatic rings. The Morgan fingerprint density at radius 3 is 2.72 bits per heavy atom. The Morgan fingerprint density at radius 1 is 1.39 bits per heavy atom. The van der Waals surface area contributed by atoms with Gasteiger partial charge in [-0.05, 0) is 31.0 Å². The minimum absolute atomic E-state index is 0.0259. The fourth-order valence-corrected chi connectivity index (χ4v) is 2.24. The minimum atomic E-state index is -0.952. The van der Waals surface area contributed by atoms with Crippen LogP contribution in [0.5, 0.6) is 0 Å². The highest BCUT2D eigenvalue weighted by Crippen LogP contribution is 2.23. The first-order chi connectivity index (χ1) is 8.54. The molecule has 98 valence electrons. The fourth-order valence-electron chi connectivity index (χ4n) is 1.35. The summed E-state index contributed by atoms with van der Waals surface area (Å²) in [6, 6.07) is 4.93. The van der Waals surface area contributed by atoms with Crippen LogP contribution in [0.4, 0.5) is 0 Å². The molecule has 0 aliphatic carbocycles. The van der Waals surface area contributed by atoms with Crippen molar-refractivity contribution < 1.29 is 14.7 Å². The second kappa shape index (κ2) is 7.06. The molecule has 1 aromatic carbocycles. The van der Waals surface area contributed by atoms with Gasteiger partial charge in [0.1, 0.15) is 0 Å². The van der Waals surface area contributed by atoms with Crippen LogP contribution in [0.1, 0.15) is 29.3 Å². The molecule has 0 bridgehead atoms. The van der Waals surface area contributed by atoms with E-state index in [-0.39, 0.29) is 11.5 Å². The summed E-state index contributed by atoms with van der Waals surface area (Å²) in [4.78, 5) is 23.1. The summed E-state index contributed by atoms with van der Waals surface area (Å²) in [6.07, 6.45) is 0.907. The van der Waals surface area contributed by atoms with Gasteiger partial charge in [-0.3, -0.25) is 4.79 Å². The van der Waals surface area contributed by atoms with Crippen molar-refractivity contribution in [3.8, 4) is 0 Å². The lowest BCUT2D eigenvalue weighted by Gasteiger charge is -2.07. The molecule has 5 heteroatoms. The van der Waals surface area contributed by atoms with Gasteiger partial charge in [-0.2, -0.15) is 0 Å². The van der Waals surface area contributed by atoms with Crippen molar-refractivity contribution in [2.75, 3.05) is 12.3 Å². The van der Waals surface area contributed by atoms with Crippen LogP contribution in [-0.4, -0.2) is 29.3 Å². The second-order valence-electron chi connectivity index (χ2n) is 3.92. The van der Waals surface area contributed by atoms with E-state index in [1.54, 1.807) is 18.2 Å². The molecular formula is C13H17NO3S. The van der Waals surface area contributed by atoms with Crippen LogP contribution in [0.25, 0.3) is 0 Å². The van der Waals surface area contributed by atoms with E-state index in [0.717, 1.165) is 16.9 Å². The van der Waals surface area contributed by atoms with Crippen LogP contribution in [0.2, 0.25) is 0 Å². The summed E-state index contributed by atoms with van der Waals surface area (Å²) < 4.78 is 0. The Balaban J connectivity index is 2.63. The average Bonchev–Trinajstić information content (AvgIpc) is 2.35. The Morgan fingerprint density at radius 2 is 2.11 bits per heavy atom. The molecule has 1 rings (SSSR count). The lowest BCUT2D eigenvalue weighted by Crippen LogP contribution is -2.25. The Bertz CT molecular complexity index is 446. The predicted molar refractivity (Wildman–Crippen MR) is 72.2 cm³/mol. The molecule has 2 N–H and O–H groups in total. The highest BCUT2D eigenvalue weighted by Gasteiger charge is 2.08. The highest BCUT2D eigenvalue weighted by atomic mass is 32.2. The number of nitrogens with one attached hydrogen (secondary N) is 1. The maximum absolute atomic E-state index is 11.5. The van der Waals surface area contributed by atoms with Gasteiger partial charge in [0, 0.05) is 11.4 Å². The van der Waals surface area contributed by atoms with Gasteiger partial charge in [0.15, 0.2) is 0 Å². The van der Waals surface area contributed by atoms with Crippen molar-refractivity contribution >= 4 is 23.6 Å². The monoisotopic (exact) mass is 267 g/mol. The zero-order chi connectivity index (χ0) is 13.5. The van der Waals surface area contributed by atoms with Crippen LogP contribution in [0, 0.1) is 6.92 Å². The maximum atomic E-state index is 11.5. The number of carbonyl (C=O) groups excluding carboxylic acids is 1. The lowest BCUT2D eigenvalue weighted by molar-refractivity contribution is -0.118. The smallest absolute Gasteiger partial charge is 0.335 e. The van der Waals surface area contributed by atoms with Crippen molar-refractivity contribution in [2.45, 2.75) is 25.2 Å². The second-order valence-corrected chi connectivity index (χ2v) is 4.94. The van der Waals surface area contributed by atoms with E-state index >= 15 is 0 Å². The molecular weight excluding hydrogens is 250 g/mol. The van der Waals surface area contributed by atoms with Gasteiger partial charge in [-0.25, -0.2) is 4.79 Å². The van der Waals surface area contributed by atoms with Gasteiger partial charge in [0.05, 0.1) is 11.3 Å². The van der Waals surface area contributed by atoms with Crippen LogP contribution in [0.3, 0.4) is 0 Å². The summed E-state index contributed by atoms with van der Waals surface area (Å²) in [5, 5.41) is 11.7.